The second-order valence-electron chi connectivity index (χ2n) is 5.25. The van der Waals surface area contributed by atoms with Gasteiger partial charge in [-0.15, -0.1) is 0 Å². The average Bonchev–Trinajstić information content (AvgIpc) is 2.82. The Morgan fingerprint density at radius 2 is 2.14 bits per heavy atom. The third-order valence-corrected chi connectivity index (χ3v) is 3.81. The summed E-state index contributed by atoms with van der Waals surface area (Å²) in [4.78, 5) is 6.90. The molecule has 0 bridgehead atoms. The van der Waals surface area contributed by atoms with E-state index in [-0.39, 0.29) is 5.82 Å². The second-order valence-corrected chi connectivity index (χ2v) is 5.25. The first kappa shape index (κ1) is 14.0. The Hall–Kier alpha value is -1.97. The zero-order chi connectivity index (χ0) is 14.7. The Kier molecular flexibility index (Phi) is 4.13. The topological polar surface area (TPSA) is 56.9 Å². The number of imidazole rings is 1. The van der Waals surface area contributed by atoms with Crippen molar-refractivity contribution in [2.24, 2.45) is 0 Å². The Morgan fingerprint density at radius 1 is 1.33 bits per heavy atom. The molecular weight excluding hydrogens is 269 g/mol. The average molecular weight is 287 g/mol. The van der Waals surface area contributed by atoms with E-state index in [1.165, 1.54) is 12.1 Å². The van der Waals surface area contributed by atoms with Gasteiger partial charge in [-0.2, -0.15) is 5.26 Å². The Labute approximate surface area is 123 Å². The predicted octanol–water partition coefficient (Wildman–Crippen LogP) is 1.49. The molecule has 0 radical (unpaired) electrons. The third-order valence-electron chi connectivity index (χ3n) is 3.81. The predicted molar refractivity (Wildman–Crippen MR) is 78.1 cm³/mol. The SMILES string of the molecule is N#CCCn1c(CN2CCNCC2)nc2cc(F)ccc21. The summed E-state index contributed by atoms with van der Waals surface area (Å²) in [7, 11) is 0. The lowest BCUT2D eigenvalue weighted by atomic mass is 10.3. The molecule has 1 aromatic heterocycles. The van der Waals surface area contributed by atoms with Crippen LogP contribution in [0, 0.1) is 17.1 Å². The van der Waals surface area contributed by atoms with Crippen molar-refractivity contribution in [2.45, 2.75) is 19.5 Å². The Bertz CT molecular complexity index is 666. The van der Waals surface area contributed by atoms with Crippen LogP contribution < -0.4 is 5.32 Å². The van der Waals surface area contributed by atoms with Crippen LogP contribution in [0.5, 0.6) is 0 Å². The highest BCUT2D eigenvalue weighted by Gasteiger charge is 2.16. The Morgan fingerprint density at radius 3 is 2.90 bits per heavy atom. The van der Waals surface area contributed by atoms with Crippen molar-refractivity contribution < 1.29 is 4.39 Å². The summed E-state index contributed by atoms with van der Waals surface area (Å²) in [6, 6.07) is 6.82. The number of piperazine rings is 1. The minimum Gasteiger partial charge on any atom is -0.326 e. The van der Waals surface area contributed by atoms with Crippen molar-refractivity contribution in [1.29, 1.82) is 5.26 Å². The van der Waals surface area contributed by atoms with Gasteiger partial charge in [0.05, 0.1) is 30.1 Å². The van der Waals surface area contributed by atoms with Gasteiger partial charge in [-0.05, 0) is 12.1 Å². The number of halogens is 1. The number of aromatic nitrogens is 2. The van der Waals surface area contributed by atoms with Crippen LogP contribution in [0.3, 0.4) is 0 Å². The zero-order valence-electron chi connectivity index (χ0n) is 11.8. The number of benzene rings is 1. The molecule has 0 atom stereocenters. The lowest BCUT2D eigenvalue weighted by Crippen LogP contribution is -2.43. The minimum absolute atomic E-state index is 0.277. The number of nitrogens with one attached hydrogen (secondary N) is 1. The first-order valence-electron chi connectivity index (χ1n) is 7.22. The largest absolute Gasteiger partial charge is 0.326 e. The van der Waals surface area contributed by atoms with E-state index in [4.69, 9.17) is 5.26 Å². The summed E-state index contributed by atoms with van der Waals surface area (Å²) >= 11 is 0. The quantitative estimate of drug-likeness (QED) is 0.926. The van der Waals surface area contributed by atoms with Crippen molar-refractivity contribution in [3.8, 4) is 6.07 Å². The van der Waals surface area contributed by atoms with Gasteiger partial charge in [0.25, 0.3) is 0 Å². The number of hydrogen-bond donors (Lipinski definition) is 1. The second kappa shape index (κ2) is 6.20. The van der Waals surface area contributed by atoms with Crippen molar-refractivity contribution >= 4 is 11.0 Å². The van der Waals surface area contributed by atoms with E-state index in [0.717, 1.165) is 44.1 Å². The molecule has 1 N–H and O–H groups in total. The van der Waals surface area contributed by atoms with Gasteiger partial charge < -0.3 is 9.88 Å². The molecule has 0 saturated carbocycles. The molecule has 0 amide bonds. The van der Waals surface area contributed by atoms with E-state index in [2.05, 4.69) is 21.3 Å². The first-order valence-corrected chi connectivity index (χ1v) is 7.22. The van der Waals surface area contributed by atoms with Crippen molar-refractivity contribution in [3.63, 3.8) is 0 Å². The number of hydrogen-bond acceptors (Lipinski definition) is 4. The molecule has 1 fully saturated rings. The molecule has 6 heteroatoms. The van der Waals surface area contributed by atoms with Crippen LogP contribution in [0.15, 0.2) is 18.2 Å². The van der Waals surface area contributed by atoms with E-state index in [1.807, 2.05) is 4.57 Å². The third kappa shape index (κ3) is 3.04. The van der Waals surface area contributed by atoms with E-state index >= 15 is 0 Å². The summed E-state index contributed by atoms with van der Waals surface area (Å²) in [5, 5.41) is 12.2. The molecule has 110 valence electrons. The van der Waals surface area contributed by atoms with Gasteiger partial charge in [0.15, 0.2) is 0 Å². The monoisotopic (exact) mass is 287 g/mol. The van der Waals surface area contributed by atoms with Crippen molar-refractivity contribution in [3.05, 3.63) is 29.8 Å². The molecule has 2 heterocycles. The van der Waals surface area contributed by atoms with Crippen LogP contribution >= 0.6 is 0 Å². The van der Waals surface area contributed by atoms with Crippen molar-refractivity contribution in [2.75, 3.05) is 26.2 Å². The van der Waals surface area contributed by atoms with Crippen LogP contribution in [-0.2, 0) is 13.1 Å². The standard InChI is InChI=1S/C15H18FN5/c16-12-2-3-14-13(10-12)19-15(21(14)7-1-4-17)11-20-8-5-18-6-9-20/h2-3,10,18H,1,5-9,11H2. The molecule has 2 aromatic rings. The van der Waals surface area contributed by atoms with Gasteiger partial charge in [-0.25, -0.2) is 9.37 Å². The number of aryl methyl sites for hydroxylation is 1. The van der Waals surface area contributed by atoms with Crippen LogP contribution in [0.4, 0.5) is 4.39 Å². The molecular formula is C15H18FN5. The molecule has 21 heavy (non-hydrogen) atoms. The summed E-state index contributed by atoms with van der Waals surface area (Å²) < 4.78 is 15.4. The Balaban J connectivity index is 1.92. The fourth-order valence-corrected chi connectivity index (χ4v) is 2.75. The maximum absolute atomic E-state index is 13.4. The number of nitrogens with zero attached hydrogens (tertiary/aromatic N) is 4. The van der Waals surface area contributed by atoms with Crippen LogP contribution in [0.2, 0.25) is 0 Å². The minimum atomic E-state index is -0.277. The maximum atomic E-state index is 13.4. The van der Waals surface area contributed by atoms with E-state index in [9.17, 15) is 4.39 Å². The first-order chi connectivity index (χ1) is 10.3. The molecule has 0 unspecified atom stereocenters. The smallest absolute Gasteiger partial charge is 0.125 e. The lowest BCUT2D eigenvalue weighted by Gasteiger charge is -2.26. The number of rotatable bonds is 4. The van der Waals surface area contributed by atoms with Crippen LogP contribution in [-0.4, -0.2) is 40.6 Å². The molecule has 1 aromatic carbocycles. The summed E-state index contributed by atoms with van der Waals surface area (Å²) in [5.41, 5.74) is 1.56. The lowest BCUT2D eigenvalue weighted by molar-refractivity contribution is 0.225. The fourth-order valence-electron chi connectivity index (χ4n) is 2.75. The molecule has 1 aliphatic rings. The van der Waals surface area contributed by atoms with E-state index in [1.54, 1.807) is 6.07 Å². The van der Waals surface area contributed by atoms with Gasteiger partial charge in [-0.3, -0.25) is 4.90 Å². The zero-order valence-corrected chi connectivity index (χ0v) is 11.8. The highest BCUT2D eigenvalue weighted by atomic mass is 19.1. The van der Waals surface area contributed by atoms with Crippen LogP contribution in [0.1, 0.15) is 12.2 Å². The summed E-state index contributed by atoms with van der Waals surface area (Å²) in [5.74, 6) is 0.633. The molecule has 1 aliphatic heterocycles. The molecule has 0 spiro atoms. The molecule has 0 aliphatic carbocycles. The normalized spacial score (nSPS) is 16.2. The number of fused-ring (bicyclic) bond motifs is 1. The van der Waals surface area contributed by atoms with Crippen LogP contribution in [0.25, 0.3) is 11.0 Å². The van der Waals surface area contributed by atoms with Gasteiger partial charge in [-0.1, -0.05) is 0 Å². The van der Waals surface area contributed by atoms with E-state index in [0.29, 0.717) is 18.5 Å². The fraction of sp³-hybridized carbons (Fsp3) is 0.467. The highest BCUT2D eigenvalue weighted by molar-refractivity contribution is 5.76. The van der Waals surface area contributed by atoms with Gasteiger partial charge in [0.2, 0.25) is 0 Å². The van der Waals surface area contributed by atoms with E-state index < -0.39 is 0 Å². The highest BCUT2D eigenvalue weighted by Crippen LogP contribution is 2.19. The maximum Gasteiger partial charge on any atom is 0.125 e. The van der Waals surface area contributed by atoms with Crippen molar-refractivity contribution in [1.82, 2.24) is 19.8 Å². The summed E-state index contributed by atoms with van der Waals surface area (Å²) in [6.45, 7) is 5.26. The molecule has 1 saturated heterocycles. The number of nitriles is 1. The molecule has 5 nitrogen and oxygen atoms in total. The molecule has 3 rings (SSSR count). The van der Waals surface area contributed by atoms with Gasteiger partial charge in [0, 0.05) is 38.8 Å². The summed E-state index contributed by atoms with van der Waals surface area (Å²) in [6.07, 6.45) is 0.428. The van der Waals surface area contributed by atoms with Gasteiger partial charge in [0.1, 0.15) is 11.6 Å². The van der Waals surface area contributed by atoms with Gasteiger partial charge >= 0.3 is 0 Å².